The fourth-order valence-electron chi connectivity index (χ4n) is 3.51. The lowest BCUT2D eigenvalue weighted by Gasteiger charge is -2.26. The summed E-state index contributed by atoms with van der Waals surface area (Å²) in [5.74, 6) is 2.39. The molecule has 0 radical (unpaired) electrons. The van der Waals surface area contributed by atoms with Crippen molar-refractivity contribution in [3.05, 3.63) is 35.2 Å². The molecule has 2 heterocycles. The van der Waals surface area contributed by atoms with Crippen LogP contribution in [0.2, 0.25) is 0 Å². The van der Waals surface area contributed by atoms with Crippen LogP contribution in [0.25, 0.3) is 0 Å². The minimum absolute atomic E-state index is 0.262. The third-order valence-corrected chi connectivity index (χ3v) is 4.76. The molecule has 2 aliphatic rings. The number of ether oxygens (including phenoxy) is 1. The van der Waals surface area contributed by atoms with Crippen LogP contribution >= 0.6 is 0 Å². The Balaban J connectivity index is 1.47. The van der Waals surface area contributed by atoms with Gasteiger partial charge in [0.05, 0.1) is 0 Å². The zero-order chi connectivity index (χ0) is 16.4. The van der Waals surface area contributed by atoms with Crippen LogP contribution in [0.4, 0.5) is 11.9 Å². The van der Waals surface area contributed by atoms with E-state index in [9.17, 15) is 0 Å². The van der Waals surface area contributed by atoms with E-state index in [1.54, 1.807) is 0 Å². The van der Waals surface area contributed by atoms with Gasteiger partial charge in [-0.1, -0.05) is 6.07 Å². The molecular formula is C18H23N5O. The minimum Gasteiger partial charge on any atom is -0.486 e. The number of nitrogens with zero attached hydrogens (tertiary/aromatic N) is 4. The molecule has 126 valence electrons. The normalized spacial score (nSPS) is 16.9. The standard InChI is InChI=1S/C18H23N5O/c19-17-20-16(21-18(22-17)23-9-2-1-3-10-23)12-24-15-8-7-13-5-4-6-14(13)11-15/h7-8,11H,1-6,9-10,12H2,(H2,19,20,21,22). The Morgan fingerprint density at radius 3 is 2.67 bits per heavy atom. The fraction of sp³-hybridized carbons (Fsp3) is 0.500. The largest absolute Gasteiger partial charge is 0.486 e. The van der Waals surface area contributed by atoms with Gasteiger partial charge >= 0.3 is 0 Å². The SMILES string of the molecule is Nc1nc(COc2ccc3c(c2)CCC3)nc(N2CCCCC2)n1. The number of hydrogen-bond donors (Lipinski definition) is 1. The summed E-state index contributed by atoms with van der Waals surface area (Å²) >= 11 is 0. The Labute approximate surface area is 142 Å². The van der Waals surface area contributed by atoms with E-state index < -0.39 is 0 Å². The quantitative estimate of drug-likeness (QED) is 0.931. The average Bonchev–Trinajstić information content (AvgIpc) is 3.08. The van der Waals surface area contributed by atoms with Gasteiger partial charge in [-0.25, -0.2) is 0 Å². The molecular weight excluding hydrogens is 302 g/mol. The van der Waals surface area contributed by atoms with Gasteiger partial charge in [0, 0.05) is 13.1 Å². The van der Waals surface area contributed by atoms with Gasteiger partial charge in [0.2, 0.25) is 11.9 Å². The van der Waals surface area contributed by atoms with Crippen molar-refractivity contribution in [1.82, 2.24) is 15.0 Å². The third-order valence-electron chi connectivity index (χ3n) is 4.76. The second kappa shape index (κ2) is 6.63. The van der Waals surface area contributed by atoms with E-state index >= 15 is 0 Å². The Kier molecular flexibility index (Phi) is 4.19. The smallest absolute Gasteiger partial charge is 0.230 e. The maximum atomic E-state index is 5.89. The highest BCUT2D eigenvalue weighted by atomic mass is 16.5. The third kappa shape index (κ3) is 3.27. The predicted molar refractivity (Wildman–Crippen MR) is 93.1 cm³/mol. The zero-order valence-corrected chi connectivity index (χ0v) is 13.9. The van der Waals surface area contributed by atoms with Crippen LogP contribution in [0, 0.1) is 0 Å². The van der Waals surface area contributed by atoms with Crippen molar-refractivity contribution < 1.29 is 4.74 Å². The van der Waals surface area contributed by atoms with E-state index in [0.29, 0.717) is 18.4 Å². The molecule has 1 aromatic carbocycles. The molecule has 2 N–H and O–H groups in total. The van der Waals surface area contributed by atoms with Gasteiger partial charge in [0.1, 0.15) is 12.4 Å². The van der Waals surface area contributed by atoms with Crippen LogP contribution in [0.3, 0.4) is 0 Å². The van der Waals surface area contributed by atoms with Gasteiger partial charge in [-0.15, -0.1) is 0 Å². The van der Waals surface area contributed by atoms with Crippen LogP contribution in [-0.2, 0) is 19.4 Å². The first-order valence-corrected chi connectivity index (χ1v) is 8.78. The summed E-state index contributed by atoms with van der Waals surface area (Å²) < 4.78 is 5.89. The molecule has 24 heavy (non-hydrogen) atoms. The summed E-state index contributed by atoms with van der Waals surface area (Å²) in [6, 6.07) is 6.33. The van der Waals surface area contributed by atoms with Crippen molar-refractivity contribution in [3.8, 4) is 5.75 Å². The molecule has 2 aromatic rings. The van der Waals surface area contributed by atoms with Gasteiger partial charge in [-0.05, 0) is 61.8 Å². The highest BCUT2D eigenvalue weighted by Crippen LogP contribution is 2.26. The first-order chi connectivity index (χ1) is 11.8. The Morgan fingerprint density at radius 1 is 0.958 bits per heavy atom. The van der Waals surface area contributed by atoms with Crippen LogP contribution in [0.1, 0.15) is 42.6 Å². The lowest BCUT2D eigenvalue weighted by molar-refractivity contribution is 0.295. The van der Waals surface area contributed by atoms with Crippen molar-refractivity contribution in [2.24, 2.45) is 0 Å². The molecule has 0 amide bonds. The number of benzene rings is 1. The van der Waals surface area contributed by atoms with Crippen molar-refractivity contribution in [3.63, 3.8) is 0 Å². The van der Waals surface area contributed by atoms with E-state index in [4.69, 9.17) is 10.5 Å². The molecule has 1 aliphatic carbocycles. The summed E-state index contributed by atoms with van der Waals surface area (Å²) in [4.78, 5) is 15.2. The molecule has 1 fully saturated rings. The van der Waals surface area contributed by atoms with Gasteiger partial charge in [0.15, 0.2) is 5.82 Å². The summed E-state index contributed by atoms with van der Waals surface area (Å²) in [6.07, 6.45) is 7.18. The summed E-state index contributed by atoms with van der Waals surface area (Å²) in [5.41, 5.74) is 8.71. The van der Waals surface area contributed by atoms with Gasteiger partial charge < -0.3 is 15.4 Å². The Hall–Kier alpha value is -2.37. The predicted octanol–water partition coefficient (Wildman–Crippen LogP) is 2.51. The lowest BCUT2D eigenvalue weighted by Crippen LogP contribution is -2.31. The first-order valence-electron chi connectivity index (χ1n) is 8.78. The van der Waals surface area contributed by atoms with E-state index in [2.05, 4.69) is 32.0 Å². The number of hydrogen-bond acceptors (Lipinski definition) is 6. The van der Waals surface area contributed by atoms with Gasteiger partial charge in [0.25, 0.3) is 0 Å². The average molecular weight is 325 g/mol. The zero-order valence-electron chi connectivity index (χ0n) is 13.9. The van der Waals surface area contributed by atoms with Crippen LogP contribution < -0.4 is 15.4 Å². The molecule has 0 unspecified atom stereocenters. The fourth-order valence-corrected chi connectivity index (χ4v) is 3.51. The number of anilines is 2. The topological polar surface area (TPSA) is 77.2 Å². The molecule has 0 atom stereocenters. The molecule has 0 spiro atoms. The highest BCUT2D eigenvalue weighted by Gasteiger charge is 2.16. The first kappa shape index (κ1) is 15.2. The van der Waals surface area contributed by atoms with Crippen LogP contribution in [0.15, 0.2) is 18.2 Å². The monoisotopic (exact) mass is 325 g/mol. The van der Waals surface area contributed by atoms with Crippen LogP contribution in [0.5, 0.6) is 5.75 Å². The molecule has 4 rings (SSSR count). The van der Waals surface area contributed by atoms with E-state index in [1.807, 2.05) is 6.07 Å². The van der Waals surface area contributed by atoms with E-state index in [-0.39, 0.29) is 5.95 Å². The Bertz CT molecular complexity index is 727. The van der Waals surface area contributed by atoms with Crippen molar-refractivity contribution in [2.75, 3.05) is 23.7 Å². The molecule has 1 aromatic heterocycles. The number of piperidine rings is 1. The number of nitrogens with two attached hydrogens (primary N) is 1. The molecule has 1 saturated heterocycles. The van der Waals surface area contributed by atoms with Crippen molar-refractivity contribution in [1.29, 1.82) is 0 Å². The van der Waals surface area contributed by atoms with Crippen molar-refractivity contribution >= 4 is 11.9 Å². The van der Waals surface area contributed by atoms with Gasteiger partial charge in [-0.3, -0.25) is 0 Å². The van der Waals surface area contributed by atoms with E-state index in [1.165, 1.54) is 43.2 Å². The van der Waals surface area contributed by atoms with E-state index in [0.717, 1.165) is 25.3 Å². The molecule has 6 nitrogen and oxygen atoms in total. The minimum atomic E-state index is 0.262. The number of aryl methyl sites for hydroxylation is 2. The van der Waals surface area contributed by atoms with Gasteiger partial charge in [-0.2, -0.15) is 15.0 Å². The number of aromatic nitrogens is 3. The summed E-state index contributed by atoms with van der Waals surface area (Å²) in [6.45, 7) is 2.27. The number of rotatable bonds is 4. The summed E-state index contributed by atoms with van der Waals surface area (Å²) in [5, 5.41) is 0. The molecule has 1 aliphatic heterocycles. The lowest BCUT2D eigenvalue weighted by atomic mass is 10.1. The maximum Gasteiger partial charge on any atom is 0.230 e. The second-order valence-electron chi connectivity index (χ2n) is 6.53. The van der Waals surface area contributed by atoms with Crippen molar-refractivity contribution in [2.45, 2.75) is 45.1 Å². The Morgan fingerprint density at radius 2 is 1.79 bits per heavy atom. The molecule has 6 heteroatoms. The number of fused-ring (bicyclic) bond motifs is 1. The van der Waals surface area contributed by atoms with Crippen LogP contribution in [-0.4, -0.2) is 28.0 Å². The summed E-state index contributed by atoms with van der Waals surface area (Å²) in [7, 11) is 0. The maximum absolute atomic E-state index is 5.89. The molecule has 0 saturated carbocycles. The number of nitrogen functional groups attached to an aromatic ring is 1. The highest BCUT2D eigenvalue weighted by molar-refractivity contribution is 5.38. The second-order valence-corrected chi connectivity index (χ2v) is 6.53. The molecule has 0 bridgehead atoms.